The Morgan fingerprint density at radius 2 is 2.03 bits per heavy atom. The number of nitrogens with one attached hydrogen (secondary N) is 2. The second-order valence-corrected chi connectivity index (χ2v) is 8.49. The van der Waals surface area contributed by atoms with Crippen molar-refractivity contribution in [2.24, 2.45) is 0 Å². The number of halogens is 1. The first-order chi connectivity index (χ1) is 14.6. The molecule has 0 radical (unpaired) electrons. The van der Waals surface area contributed by atoms with Crippen LogP contribution in [0, 0.1) is 11.8 Å². The van der Waals surface area contributed by atoms with Crippen molar-refractivity contribution in [1.82, 2.24) is 5.32 Å². The molecule has 1 aromatic heterocycles. The van der Waals surface area contributed by atoms with Crippen molar-refractivity contribution in [3.05, 3.63) is 70.0 Å². The number of hydrogen-bond acceptors (Lipinski definition) is 4. The molecule has 0 bridgehead atoms. The van der Waals surface area contributed by atoms with Crippen molar-refractivity contribution in [2.75, 3.05) is 30.4 Å². The molecule has 154 valence electrons. The summed E-state index contributed by atoms with van der Waals surface area (Å²) in [7, 11) is 2.00. The number of alkyl halides is 1. The van der Waals surface area contributed by atoms with Crippen LogP contribution in [0.3, 0.4) is 0 Å². The number of likely N-dealkylation sites (N-methyl/N-ethyl adjacent to an activating group) is 1. The Morgan fingerprint density at radius 3 is 2.73 bits per heavy atom. The highest BCUT2D eigenvalue weighted by Crippen LogP contribution is 2.23. The van der Waals surface area contributed by atoms with Crippen LogP contribution in [0.1, 0.15) is 27.4 Å². The van der Waals surface area contributed by atoms with Gasteiger partial charge in [0.2, 0.25) is 0 Å². The molecule has 2 aromatic rings. The van der Waals surface area contributed by atoms with Crippen molar-refractivity contribution in [3.8, 4) is 11.8 Å². The number of carbonyl (C=O) groups is 1. The number of hydrogen-bond donors (Lipinski definition) is 2. The molecule has 0 spiro atoms. The number of thiophene rings is 1. The van der Waals surface area contributed by atoms with Gasteiger partial charge in [-0.2, -0.15) is 0 Å². The topological polar surface area (TPSA) is 44.4 Å². The molecule has 6 heteroatoms. The standard InChI is InChI=1S/C24H24FN3OS/c1-26-20-14-15-28(16-20)21-9-7-19(8-10-21)27-24(29)23-13-12-22(30-23)11-4-17-2-5-18(25)6-3-17/h2-3,5,7-10,12-13,18,20,26H,6,14-16H2,1H3,(H,27,29). The largest absolute Gasteiger partial charge is 0.370 e. The molecule has 2 N–H and O–H groups in total. The maximum atomic E-state index is 13.1. The first-order valence-corrected chi connectivity index (χ1v) is 10.9. The highest BCUT2D eigenvalue weighted by molar-refractivity contribution is 7.14. The van der Waals surface area contributed by atoms with Crippen LogP contribution in [0.25, 0.3) is 0 Å². The molecule has 1 amide bonds. The van der Waals surface area contributed by atoms with E-state index in [9.17, 15) is 9.18 Å². The Labute approximate surface area is 180 Å². The second kappa shape index (κ2) is 9.29. The lowest BCUT2D eigenvalue weighted by atomic mass is 10.1. The van der Waals surface area contributed by atoms with E-state index in [2.05, 4.69) is 27.4 Å². The maximum absolute atomic E-state index is 13.1. The fraction of sp³-hybridized carbons (Fsp3) is 0.292. The molecular weight excluding hydrogens is 397 g/mol. The molecule has 30 heavy (non-hydrogen) atoms. The van der Waals surface area contributed by atoms with Crippen molar-refractivity contribution >= 4 is 28.6 Å². The third-order valence-corrected chi connectivity index (χ3v) is 6.29. The van der Waals surface area contributed by atoms with Crippen LogP contribution in [0.5, 0.6) is 0 Å². The fourth-order valence-corrected chi connectivity index (χ4v) is 4.28. The second-order valence-electron chi connectivity index (χ2n) is 7.41. The molecule has 0 saturated carbocycles. The van der Waals surface area contributed by atoms with Crippen molar-refractivity contribution in [1.29, 1.82) is 0 Å². The Hall–Kier alpha value is -2.88. The highest BCUT2D eigenvalue weighted by Gasteiger charge is 2.21. The van der Waals surface area contributed by atoms with Gasteiger partial charge in [-0.05, 0) is 62.0 Å². The summed E-state index contributed by atoms with van der Waals surface area (Å²) in [6.45, 7) is 2.04. The normalized spacial score (nSPS) is 20.5. The zero-order valence-electron chi connectivity index (χ0n) is 16.8. The summed E-state index contributed by atoms with van der Waals surface area (Å²) < 4.78 is 13.1. The molecule has 2 heterocycles. The van der Waals surface area contributed by atoms with Gasteiger partial charge in [0.15, 0.2) is 0 Å². The third kappa shape index (κ3) is 4.99. The van der Waals surface area contributed by atoms with Gasteiger partial charge in [-0.25, -0.2) is 4.39 Å². The van der Waals surface area contributed by atoms with Crippen molar-refractivity contribution in [2.45, 2.75) is 25.1 Å². The van der Waals surface area contributed by atoms with E-state index in [4.69, 9.17) is 0 Å². The average molecular weight is 422 g/mol. The van der Waals surface area contributed by atoms with E-state index in [0.717, 1.165) is 35.6 Å². The SMILES string of the molecule is CNC1CCN(c2ccc(NC(=O)c3ccc(C#CC4=CCC(F)C=C4)s3)cc2)C1. The van der Waals surface area contributed by atoms with Crippen LogP contribution in [-0.4, -0.2) is 38.3 Å². The van der Waals surface area contributed by atoms with E-state index in [1.807, 2.05) is 37.4 Å². The number of anilines is 2. The van der Waals surface area contributed by atoms with Gasteiger partial charge in [0.05, 0.1) is 9.75 Å². The van der Waals surface area contributed by atoms with Gasteiger partial charge >= 0.3 is 0 Å². The number of benzene rings is 1. The molecule has 1 aromatic carbocycles. The number of amides is 1. The summed E-state index contributed by atoms with van der Waals surface area (Å²) in [5.41, 5.74) is 2.75. The third-order valence-electron chi connectivity index (χ3n) is 5.29. The van der Waals surface area contributed by atoms with Crippen LogP contribution in [0.4, 0.5) is 15.8 Å². The van der Waals surface area contributed by atoms with E-state index in [0.29, 0.717) is 17.3 Å². The molecule has 1 fully saturated rings. The van der Waals surface area contributed by atoms with Crippen LogP contribution < -0.4 is 15.5 Å². The monoisotopic (exact) mass is 421 g/mol. The lowest BCUT2D eigenvalue weighted by Gasteiger charge is -2.19. The first-order valence-electron chi connectivity index (χ1n) is 10.1. The molecule has 1 aliphatic heterocycles. The fourth-order valence-electron chi connectivity index (χ4n) is 3.53. The summed E-state index contributed by atoms with van der Waals surface area (Å²) in [5.74, 6) is 5.93. The number of carbonyl (C=O) groups excluding carboxylic acids is 1. The molecule has 1 saturated heterocycles. The number of nitrogens with zero attached hydrogens (tertiary/aromatic N) is 1. The minimum absolute atomic E-state index is 0.144. The quantitative estimate of drug-likeness (QED) is 0.721. The first kappa shape index (κ1) is 20.4. The lowest BCUT2D eigenvalue weighted by Crippen LogP contribution is -2.29. The van der Waals surface area contributed by atoms with Crippen LogP contribution in [-0.2, 0) is 0 Å². The summed E-state index contributed by atoms with van der Waals surface area (Å²) in [6.07, 6.45) is 5.61. The van der Waals surface area contributed by atoms with Gasteiger partial charge in [0.1, 0.15) is 6.17 Å². The molecule has 1 aliphatic carbocycles. The predicted octanol–water partition coefficient (Wildman–Crippen LogP) is 4.37. The van der Waals surface area contributed by atoms with E-state index >= 15 is 0 Å². The zero-order chi connectivity index (χ0) is 20.9. The van der Waals surface area contributed by atoms with Crippen molar-refractivity contribution < 1.29 is 9.18 Å². The molecule has 2 atom stereocenters. The average Bonchev–Trinajstić information content (AvgIpc) is 3.44. The predicted molar refractivity (Wildman–Crippen MR) is 122 cm³/mol. The smallest absolute Gasteiger partial charge is 0.265 e. The van der Waals surface area contributed by atoms with Crippen LogP contribution in [0.15, 0.2) is 60.2 Å². The van der Waals surface area contributed by atoms with Crippen LogP contribution in [0.2, 0.25) is 0 Å². The summed E-state index contributed by atoms with van der Waals surface area (Å²) >= 11 is 1.35. The maximum Gasteiger partial charge on any atom is 0.265 e. The molecule has 2 aliphatic rings. The summed E-state index contributed by atoms with van der Waals surface area (Å²) in [5, 5.41) is 6.27. The molecule has 2 unspecified atom stereocenters. The van der Waals surface area contributed by atoms with E-state index in [1.165, 1.54) is 23.1 Å². The number of allylic oxidation sites excluding steroid dienone is 4. The van der Waals surface area contributed by atoms with Gasteiger partial charge < -0.3 is 15.5 Å². The van der Waals surface area contributed by atoms with E-state index in [1.54, 1.807) is 18.2 Å². The Bertz CT molecular complexity index is 1030. The van der Waals surface area contributed by atoms with Gasteiger partial charge in [0.25, 0.3) is 5.91 Å². The minimum atomic E-state index is -0.915. The lowest BCUT2D eigenvalue weighted by molar-refractivity contribution is 0.103. The summed E-state index contributed by atoms with van der Waals surface area (Å²) in [6, 6.07) is 12.1. The van der Waals surface area contributed by atoms with Crippen LogP contribution >= 0.6 is 11.3 Å². The van der Waals surface area contributed by atoms with Crippen molar-refractivity contribution in [3.63, 3.8) is 0 Å². The molecule has 4 rings (SSSR count). The Balaban J connectivity index is 1.35. The van der Waals surface area contributed by atoms with Gasteiger partial charge in [-0.1, -0.05) is 17.9 Å². The Kier molecular flexibility index (Phi) is 6.32. The van der Waals surface area contributed by atoms with Gasteiger partial charge in [-0.15, -0.1) is 11.3 Å². The molecular formula is C24H24FN3OS. The molecule has 4 nitrogen and oxygen atoms in total. The van der Waals surface area contributed by atoms with Gasteiger partial charge in [0, 0.05) is 42.5 Å². The zero-order valence-corrected chi connectivity index (χ0v) is 17.6. The highest BCUT2D eigenvalue weighted by atomic mass is 32.1. The van der Waals surface area contributed by atoms with E-state index < -0.39 is 6.17 Å². The van der Waals surface area contributed by atoms with Gasteiger partial charge in [-0.3, -0.25) is 4.79 Å². The van der Waals surface area contributed by atoms with E-state index in [-0.39, 0.29) is 5.91 Å². The number of rotatable bonds is 4. The summed E-state index contributed by atoms with van der Waals surface area (Å²) in [4.78, 5) is 16.3. The minimum Gasteiger partial charge on any atom is -0.370 e. The Morgan fingerprint density at radius 1 is 1.20 bits per heavy atom.